The predicted molar refractivity (Wildman–Crippen MR) is 56.9 cm³/mol. The molecule has 0 saturated carbocycles. The molecule has 0 aliphatic carbocycles. The molecule has 0 spiro atoms. The van der Waals surface area contributed by atoms with Crippen molar-refractivity contribution in [1.29, 1.82) is 0 Å². The Bertz CT molecular complexity index is 116. The summed E-state index contributed by atoms with van der Waals surface area (Å²) in [5, 5.41) is 0. The molecule has 0 aromatic rings. The van der Waals surface area contributed by atoms with Crippen LogP contribution >= 0.6 is 0 Å². The van der Waals surface area contributed by atoms with Gasteiger partial charge in [0, 0.05) is 0 Å². The highest BCUT2D eigenvalue weighted by molar-refractivity contribution is 5.23. The van der Waals surface area contributed by atoms with Crippen molar-refractivity contribution in [2.24, 2.45) is 0 Å². The Morgan fingerprint density at radius 2 is 1.33 bits per heavy atom. The molecule has 0 aliphatic rings. The summed E-state index contributed by atoms with van der Waals surface area (Å²) < 4.78 is 12.2. The molecule has 0 saturated heterocycles. The van der Waals surface area contributed by atoms with Gasteiger partial charge in [0.05, 0.1) is 0 Å². The molecule has 0 bridgehead atoms. The van der Waals surface area contributed by atoms with Crippen LogP contribution in [0.3, 0.4) is 0 Å². The van der Waals surface area contributed by atoms with Crippen LogP contribution < -0.4 is 0 Å². The molecule has 0 fully saturated rings. The van der Waals surface area contributed by atoms with Crippen molar-refractivity contribution in [3.63, 3.8) is 0 Å². The number of halogens is 1. The van der Waals surface area contributed by atoms with Crippen LogP contribution in [0.4, 0.5) is 4.39 Å². The highest BCUT2D eigenvalue weighted by Crippen LogP contribution is 2.05. The molecule has 0 atom stereocenters. The second kappa shape index (κ2) is 16.6. The highest BCUT2D eigenvalue weighted by Gasteiger charge is 1.87. The fourth-order valence-electron chi connectivity index (χ4n) is 0.258. The maximum atomic E-state index is 12.2. The van der Waals surface area contributed by atoms with Gasteiger partial charge in [-0.1, -0.05) is 46.9 Å². The molecule has 0 N–H and O–H groups in total. The van der Waals surface area contributed by atoms with Crippen molar-refractivity contribution in [3.05, 3.63) is 36.7 Å². The van der Waals surface area contributed by atoms with Gasteiger partial charge in [-0.2, -0.15) is 0 Å². The van der Waals surface area contributed by atoms with E-state index in [1.165, 1.54) is 6.08 Å². The SMILES string of the molecule is C=C/C(C)=C(\F)C=C.CC.CC. The van der Waals surface area contributed by atoms with E-state index in [1.807, 2.05) is 27.7 Å². The molecule has 72 valence electrons. The van der Waals surface area contributed by atoms with Gasteiger partial charge >= 0.3 is 0 Å². The number of allylic oxidation sites excluding steroid dienone is 4. The van der Waals surface area contributed by atoms with Crippen LogP contribution in [0.1, 0.15) is 34.6 Å². The molecule has 0 heterocycles. The van der Waals surface area contributed by atoms with Gasteiger partial charge in [-0.3, -0.25) is 0 Å². The normalized spacial score (nSPS) is 9.17. The molecule has 1 heteroatoms. The molecule has 0 radical (unpaired) electrons. The lowest BCUT2D eigenvalue weighted by Crippen LogP contribution is -1.69. The molecule has 0 rings (SSSR count). The van der Waals surface area contributed by atoms with E-state index >= 15 is 0 Å². The van der Waals surface area contributed by atoms with Crippen molar-refractivity contribution in [1.82, 2.24) is 0 Å². The zero-order valence-electron chi connectivity index (χ0n) is 8.95. The minimum atomic E-state index is -0.306. The van der Waals surface area contributed by atoms with Gasteiger partial charge in [-0.15, -0.1) is 0 Å². The summed E-state index contributed by atoms with van der Waals surface area (Å²) in [7, 11) is 0. The smallest absolute Gasteiger partial charge is 0.125 e. The second-order valence-electron chi connectivity index (χ2n) is 1.44. The maximum Gasteiger partial charge on any atom is 0.125 e. The predicted octanol–water partition coefficient (Wildman–Crippen LogP) is 4.65. The first-order valence-corrected chi connectivity index (χ1v) is 4.33. The fourth-order valence-corrected chi connectivity index (χ4v) is 0.258. The van der Waals surface area contributed by atoms with Gasteiger partial charge in [0.2, 0.25) is 0 Å². The zero-order chi connectivity index (χ0) is 10.6. The lowest BCUT2D eigenvalue weighted by Gasteiger charge is -1.87. The Labute approximate surface area is 76.5 Å². The molecule has 0 amide bonds. The summed E-state index contributed by atoms with van der Waals surface area (Å²) in [4.78, 5) is 0. The molecular formula is C11H21F. The highest BCUT2D eigenvalue weighted by atomic mass is 19.1. The molecule has 0 aromatic carbocycles. The Balaban J connectivity index is -0.000000175. The molecule has 0 aliphatic heterocycles. The van der Waals surface area contributed by atoms with E-state index in [4.69, 9.17) is 0 Å². The molecule has 0 aromatic heterocycles. The maximum absolute atomic E-state index is 12.2. The van der Waals surface area contributed by atoms with Crippen molar-refractivity contribution < 1.29 is 4.39 Å². The van der Waals surface area contributed by atoms with Crippen LogP contribution in [-0.2, 0) is 0 Å². The first kappa shape index (κ1) is 17.3. The largest absolute Gasteiger partial charge is 0.207 e. The summed E-state index contributed by atoms with van der Waals surface area (Å²) in [5.41, 5.74) is 0.528. The number of hydrogen-bond donors (Lipinski definition) is 0. The van der Waals surface area contributed by atoms with Gasteiger partial charge in [-0.05, 0) is 18.6 Å². The van der Waals surface area contributed by atoms with Gasteiger partial charge < -0.3 is 0 Å². The van der Waals surface area contributed by atoms with Crippen LogP contribution in [0.5, 0.6) is 0 Å². The molecule has 0 nitrogen and oxygen atoms in total. The Morgan fingerprint density at radius 3 is 1.42 bits per heavy atom. The Kier molecular flexibility index (Phi) is 24.0. The quantitative estimate of drug-likeness (QED) is 0.532. The van der Waals surface area contributed by atoms with Crippen LogP contribution in [0, 0.1) is 0 Å². The van der Waals surface area contributed by atoms with E-state index in [2.05, 4.69) is 13.2 Å². The van der Waals surface area contributed by atoms with Crippen LogP contribution in [0.2, 0.25) is 0 Å². The standard InChI is InChI=1S/C7H9F.2C2H6/c1-4-6(3)7(8)5-2;2*1-2/h4-5H,1-2H2,3H3;2*1-2H3/b7-6-;;. The summed E-state index contributed by atoms with van der Waals surface area (Å²) >= 11 is 0. The topological polar surface area (TPSA) is 0 Å². The number of hydrogen-bond acceptors (Lipinski definition) is 0. The first-order valence-electron chi connectivity index (χ1n) is 4.33. The van der Waals surface area contributed by atoms with E-state index in [0.717, 1.165) is 6.08 Å². The van der Waals surface area contributed by atoms with Crippen LogP contribution in [-0.4, -0.2) is 0 Å². The minimum Gasteiger partial charge on any atom is -0.207 e. The average molecular weight is 172 g/mol. The van der Waals surface area contributed by atoms with Gasteiger partial charge in [-0.25, -0.2) is 4.39 Å². The Hall–Kier alpha value is -0.850. The van der Waals surface area contributed by atoms with E-state index in [9.17, 15) is 4.39 Å². The molecule has 12 heavy (non-hydrogen) atoms. The second-order valence-corrected chi connectivity index (χ2v) is 1.44. The van der Waals surface area contributed by atoms with Gasteiger partial charge in [0.1, 0.15) is 5.83 Å². The van der Waals surface area contributed by atoms with E-state index in [-0.39, 0.29) is 5.83 Å². The molecule has 0 unspecified atom stereocenters. The number of rotatable bonds is 2. The fraction of sp³-hybridized carbons (Fsp3) is 0.455. The monoisotopic (exact) mass is 172 g/mol. The van der Waals surface area contributed by atoms with E-state index < -0.39 is 0 Å². The third kappa shape index (κ3) is 11.9. The lowest BCUT2D eigenvalue weighted by atomic mass is 10.3. The van der Waals surface area contributed by atoms with E-state index in [1.54, 1.807) is 6.92 Å². The van der Waals surface area contributed by atoms with Gasteiger partial charge in [0.15, 0.2) is 0 Å². The van der Waals surface area contributed by atoms with Crippen molar-refractivity contribution >= 4 is 0 Å². The third-order valence-electron chi connectivity index (χ3n) is 0.862. The summed E-state index contributed by atoms with van der Waals surface area (Å²) in [6, 6.07) is 0. The molecular weight excluding hydrogens is 151 g/mol. The minimum absolute atomic E-state index is 0.306. The van der Waals surface area contributed by atoms with Crippen molar-refractivity contribution in [2.75, 3.05) is 0 Å². The average Bonchev–Trinajstić information content (AvgIpc) is 2.21. The van der Waals surface area contributed by atoms with E-state index in [0.29, 0.717) is 5.57 Å². The van der Waals surface area contributed by atoms with Crippen LogP contribution in [0.25, 0.3) is 0 Å². The van der Waals surface area contributed by atoms with Crippen LogP contribution in [0.15, 0.2) is 36.7 Å². The summed E-state index contributed by atoms with van der Waals surface area (Å²) in [6.07, 6.45) is 2.62. The summed E-state index contributed by atoms with van der Waals surface area (Å²) in [6.45, 7) is 16.3. The zero-order valence-corrected chi connectivity index (χ0v) is 8.95. The summed E-state index contributed by atoms with van der Waals surface area (Å²) in [5.74, 6) is -0.306. The Morgan fingerprint density at radius 1 is 1.00 bits per heavy atom. The van der Waals surface area contributed by atoms with Crippen molar-refractivity contribution in [3.8, 4) is 0 Å². The lowest BCUT2D eigenvalue weighted by molar-refractivity contribution is 0.659. The first-order chi connectivity index (χ1) is 5.72. The van der Waals surface area contributed by atoms with Gasteiger partial charge in [0.25, 0.3) is 0 Å². The third-order valence-corrected chi connectivity index (χ3v) is 0.862. The van der Waals surface area contributed by atoms with Crippen molar-refractivity contribution in [2.45, 2.75) is 34.6 Å².